The third kappa shape index (κ3) is 5.96. The number of anilines is 1. The predicted octanol–water partition coefficient (Wildman–Crippen LogP) is 4.48. The van der Waals surface area contributed by atoms with Crippen LogP contribution in [0, 0.1) is 17.0 Å². The molecule has 0 unspecified atom stereocenters. The van der Waals surface area contributed by atoms with E-state index in [4.69, 9.17) is 16.3 Å². The van der Waals surface area contributed by atoms with Crippen LogP contribution in [-0.4, -0.2) is 31.3 Å². The van der Waals surface area contributed by atoms with E-state index in [1.165, 1.54) is 30.0 Å². The molecule has 0 saturated heterocycles. The molecule has 0 saturated carbocycles. The average Bonchev–Trinajstić information content (AvgIpc) is 3.15. The summed E-state index contributed by atoms with van der Waals surface area (Å²) in [5.74, 6) is 1.10. The van der Waals surface area contributed by atoms with Crippen molar-refractivity contribution in [3.8, 4) is 5.75 Å². The molecule has 1 N–H and O–H groups in total. The zero-order chi connectivity index (χ0) is 22.4. The Kier molecular flexibility index (Phi) is 7.48. The Bertz CT molecular complexity index is 1100. The number of thioether (sulfide) groups is 1. The van der Waals surface area contributed by atoms with Crippen molar-refractivity contribution in [3.05, 3.63) is 69.0 Å². The minimum absolute atomic E-state index is 0.0814. The highest BCUT2D eigenvalue weighted by molar-refractivity contribution is 7.99. The summed E-state index contributed by atoms with van der Waals surface area (Å²) in [5, 5.41) is 23.1. The van der Waals surface area contributed by atoms with Crippen molar-refractivity contribution >= 4 is 40.6 Å². The van der Waals surface area contributed by atoms with Crippen LogP contribution in [0.4, 0.5) is 11.4 Å². The lowest BCUT2D eigenvalue weighted by Gasteiger charge is -2.10. The maximum absolute atomic E-state index is 12.2. The summed E-state index contributed by atoms with van der Waals surface area (Å²) in [5.41, 5.74) is 1.20. The molecule has 0 fully saturated rings. The molecule has 0 radical (unpaired) electrons. The lowest BCUT2D eigenvalue weighted by atomic mass is 10.2. The molecule has 0 aliphatic rings. The van der Waals surface area contributed by atoms with Gasteiger partial charge in [0.25, 0.3) is 5.69 Å². The van der Waals surface area contributed by atoms with Crippen LogP contribution in [0.1, 0.15) is 18.3 Å². The molecule has 9 nitrogen and oxygen atoms in total. The third-order valence-corrected chi connectivity index (χ3v) is 5.67. The Morgan fingerprint density at radius 1 is 1.29 bits per heavy atom. The van der Waals surface area contributed by atoms with Gasteiger partial charge in [-0.1, -0.05) is 29.4 Å². The van der Waals surface area contributed by atoms with Crippen LogP contribution in [-0.2, 0) is 17.9 Å². The summed E-state index contributed by atoms with van der Waals surface area (Å²) in [6.07, 6.45) is 0. The summed E-state index contributed by atoms with van der Waals surface area (Å²) in [6.45, 7) is 4.69. The molecule has 2 aromatic carbocycles. The number of benzene rings is 2. The van der Waals surface area contributed by atoms with Crippen molar-refractivity contribution in [3.63, 3.8) is 0 Å². The normalized spacial score (nSPS) is 10.7. The van der Waals surface area contributed by atoms with Crippen molar-refractivity contribution in [2.45, 2.75) is 32.2 Å². The van der Waals surface area contributed by atoms with Gasteiger partial charge in [0.15, 0.2) is 11.0 Å². The third-order valence-electron chi connectivity index (χ3n) is 4.28. The second kappa shape index (κ2) is 10.3. The van der Waals surface area contributed by atoms with Gasteiger partial charge in [-0.2, -0.15) is 0 Å². The van der Waals surface area contributed by atoms with Crippen molar-refractivity contribution in [1.82, 2.24) is 14.8 Å². The monoisotopic (exact) mass is 461 g/mol. The fourth-order valence-corrected chi connectivity index (χ4v) is 3.67. The highest BCUT2D eigenvalue weighted by atomic mass is 35.5. The number of hydrogen-bond acceptors (Lipinski definition) is 7. The number of nitrogens with zero attached hydrogens (tertiary/aromatic N) is 4. The van der Waals surface area contributed by atoms with Gasteiger partial charge in [-0.3, -0.25) is 14.9 Å². The molecule has 0 aliphatic carbocycles. The van der Waals surface area contributed by atoms with Crippen LogP contribution in [0.3, 0.4) is 0 Å². The number of nitrogens with one attached hydrogen (secondary N) is 1. The number of hydrogen-bond donors (Lipinski definition) is 1. The van der Waals surface area contributed by atoms with E-state index in [1.54, 1.807) is 18.2 Å². The lowest BCUT2D eigenvalue weighted by Crippen LogP contribution is -2.15. The minimum atomic E-state index is -0.511. The van der Waals surface area contributed by atoms with E-state index >= 15 is 0 Å². The molecule has 1 amide bonds. The summed E-state index contributed by atoms with van der Waals surface area (Å²) in [7, 11) is 0. The van der Waals surface area contributed by atoms with Gasteiger partial charge in [0.05, 0.1) is 10.7 Å². The number of non-ortho nitro benzene ring substituents is 1. The minimum Gasteiger partial charge on any atom is -0.486 e. The molecular weight excluding hydrogens is 442 g/mol. The first-order valence-electron chi connectivity index (χ1n) is 9.35. The topological polar surface area (TPSA) is 112 Å². The van der Waals surface area contributed by atoms with Crippen LogP contribution in [0.5, 0.6) is 5.75 Å². The largest absolute Gasteiger partial charge is 0.486 e. The number of nitro benzene ring substituents is 1. The van der Waals surface area contributed by atoms with E-state index in [1.807, 2.05) is 24.5 Å². The molecule has 162 valence electrons. The molecule has 0 bridgehead atoms. The number of rotatable bonds is 9. The number of nitro groups is 1. The van der Waals surface area contributed by atoms with Crippen molar-refractivity contribution in [2.24, 2.45) is 0 Å². The maximum atomic E-state index is 12.2. The SMILES string of the molecule is CCn1c(COc2ccc(Cl)c(C)c2)nnc1SCC(=O)Nc1cccc([N+](=O)[O-])c1. The van der Waals surface area contributed by atoms with Gasteiger partial charge in [0, 0.05) is 29.4 Å². The van der Waals surface area contributed by atoms with E-state index in [2.05, 4.69) is 15.5 Å². The maximum Gasteiger partial charge on any atom is 0.271 e. The van der Waals surface area contributed by atoms with Crippen LogP contribution >= 0.6 is 23.4 Å². The molecule has 0 atom stereocenters. The molecule has 0 aliphatic heterocycles. The molecular formula is C20H20ClN5O4S. The predicted molar refractivity (Wildman–Crippen MR) is 119 cm³/mol. The zero-order valence-electron chi connectivity index (χ0n) is 16.9. The summed E-state index contributed by atoms with van der Waals surface area (Å²) >= 11 is 7.26. The number of halogens is 1. The Balaban J connectivity index is 1.58. The summed E-state index contributed by atoms with van der Waals surface area (Å²) in [6, 6.07) is 11.2. The van der Waals surface area contributed by atoms with E-state index in [0.717, 1.165) is 5.56 Å². The second-order valence-corrected chi connectivity index (χ2v) is 7.84. The Labute approximate surface area is 187 Å². The number of aryl methyl sites for hydroxylation is 1. The van der Waals surface area contributed by atoms with E-state index in [0.29, 0.717) is 34.0 Å². The fourth-order valence-electron chi connectivity index (χ4n) is 2.73. The van der Waals surface area contributed by atoms with Crippen LogP contribution in [0.25, 0.3) is 0 Å². The zero-order valence-corrected chi connectivity index (χ0v) is 18.4. The number of carbonyl (C=O) groups is 1. The Morgan fingerprint density at radius 2 is 2.10 bits per heavy atom. The molecule has 0 spiro atoms. The number of ether oxygens (including phenoxy) is 1. The van der Waals surface area contributed by atoms with E-state index < -0.39 is 4.92 Å². The lowest BCUT2D eigenvalue weighted by molar-refractivity contribution is -0.384. The first-order valence-corrected chi connectivity index (χ1v) is 10.7. The van der Waals surface area contributed by atoms with Gasteiger partial charge in [-0.25, -0.2) is 0 Å². The summed E-state index contributed by atoms with van der Waals surface area (Å²) < 4.78 is 7.66. The van der Waals surface area contributed by atoms with Gasteiger partial charge in [0.1, 0.15) is 12.4 Å². The van der Waals surface area contributed by atoms with Gasteiger partial charge >= 0.3 is 0 Å². The highest BCUT2D eigenvalue weighted by Crippen LogP contribution is 2.23. The molecule has 1 heterocycles. The highest BCUT2D eigenvalue weighted by Gasteiger charge is 2.15. The van der Waals surface area contributed by atoms with Crippen LogP contribution < -0.4 is 10.1 Å². The Morgan fingerprint density at radius 3 is 2.81 bits per heavy atom. The van der Waals surface area contributed by atoms with Crippen LogP contribution in [0.2, 0.25) is 5.02 Å². The molecule has 3 rings (SSSR count). The molecule has 1 aromatic heterocycles. The van der Waals surface area contributed by atoms with Crippen molar-refractivity contribution in [1.29, 1.82) is 0 Å². The van der Waals surface area contributed by atoms with Gasteiger partial charge < -0.3 is 14.6 Å². The molecule has 31 heavy (non-hydrogen) atoms. The van der Waals surface area contributed by atoms with Crippen LogP contribution in [0.15, 0.2) is 47.6 Å². The summed E-state index contributed by atoms with van der Waals surface area (Å²) in [4.78, 5) is 22.6. The molecule has 3 aromatic rings. The standard InChI is InChI=1S/C20H20ClN5O4S/c1-3-25-18(11-30-16-7-8-17(21)13(2)9-16)23-24-20(25)31-12-19(27)22-14-5-4-6-15(10-14)26(28)29/h4-10H,3,11-12H2,1-2H3,(H,22,27). The number of aromatic nitrogens is 3. The fraction of sp³-hybridized carbons (Fsp3) is 0.250. The quantitative estimate of drug-likeness (QED) is 0.284. The van der Waals surface area contributed by atoms with Gasteiger partial charge in [-0.15, -0.1) is 10.2 Å². The smallest absolute Gasteiger partial charge is 0.271 e. The first-order chi connectivity index (χ1) is 14.9. The van der Waals surface area contributed by atoms with E-state index in [-0.39, 0.29) is 24.0 Å². The molecule has 11 heteroatoms. The number of carbonyl (C=O) groups excluding carboxylic acids is 1. The van der Waals surface area contributed by atoms with Crippen molar-refractivity contribution in [2.75, 3.05) is 11.1 Å². The first kappa shape index (κ1) is 22.6. The van der Waals surface area contributed by atoms with Crippen molar-refractivity contribution < 1.29 is 14.5 Å². The Hall–Kier alpha value is -3.11. The average molecular weight is 462 g/mol. The number of amides is 1. The van der Waals surface area contributed by atoms with E-state index in [9.17, 15) is 14.9 Å². The second-order valence-electron chi connectivity index (χ2n) is 6.49. The van der Waals surface area contributed by atoms with Gasteiger partial charge in [0.2, 0.25) is 5.91 Å². The van der Waals surface area contributed by atoms with Gasteiger partial charge in [-0.05, 0) is 43.7 Å².